The maximum atomic E-state index is 11.5. The van der Waals surface area contributed by atoms with E-state index in [0.717, 1.165) is 68.0 Å². The Kier molecular flexibility index (Phi) is 40.6. The number of nitrogens with one attached hydrogen (secondary N) is 7. The van der Waals surface area contributed by atoms with Crippen molar-refractivity contribution in [2.45, 2.75) is 86.3 Å². The van der Waals surface area contributed by atoms with Crippen LogP contribution in [0.5, 0.6) is 0 Å². The smallest absolute Gasteiger partial charge is 0.759 e. The van der Waals surface area contributed by atoms with E-state index in [-0.39, 0.29) is 71.6 Å². The minimum absolute atomic E-state index is 0. The molecule has 9 heterocycles. The summed E-state index contributed by atoms with van der Waals surface area (Å²) in [5, 5.41) is 118. The average Bonchev–Trinajstić information content (AvgIpc) is 1.62. The number of aryl methyl sites for hydroxylation is 1. The number of aliphatic hydroxyl groups excluding tert-OH is 5. The first-order valence-corrected chi connectivity index (χ1v) is 45.5. The summed E-state index contributed by atoms with van der Waals surface area (Å²) in [6.07, 6.45) is -0.681. The number of carbonyl (C=O) groups excluding carboxylic acids is 1. The van der Waals surface area contributed by atoms with E-state index in [0.29, 0.717) is 87.0 Å². The number of anilines is 8. The topological polar surface area (TPSA) is 594 Å². The molecule has 6 aromatic heterocycles. The summed E-state index contributed by atoms with van der Waals surface area (Å²) in [6, 6.07) is 24.8. The van der Waals surface area contributed by atoms with E-state index in [9.17, 15) is 55.6 Å². The Bertz CT molecular complexity index is 5560. The Labute approximate surface area is 767 Å². The number of urea groups is 1. The number of carbonyl (C=O) groups is 3. The summed E-state index contributed by atoms with van der Waals surface area (Å²) >= 11 is 32.8. The molecule has 17 N–H and O–H groups in total. The van der Waals surface area contributed by atoms with Crippen molar-refractivity contribution in [3.8, 4) is 5.69 Å². The summed E-state index contributed by atoms with van der Waals surface area (Å²) in [5.41, 5.74) is 6.25. The molecule has 0 saturated carbocycles. The Balaban J connectivity index is 0.000000211. The van der Waals surface area contributed by atoms with E-state index < -0.39 is 86.2 Å². The molecule has 3 aliphatic heterocycles. The standard InChI is InChI=1S/C20H16Cl2N2O5S3.C18H15BrN2O5S4.C9H10N6O2S.C8H16N6O.C7H14N6O2.C6H12O5S.Au/c21-12-2-4-16-14(8-12)23(6-1-7-32(27,28)29)18(30-16)10-19-24(11-20(25)26)15-9-13(22)3-5-17(15)31-19;19-11-2-3-13-12(8-11)20(5-1-7-30(24,25)26)15(28-13)9-16-21(10-17(22)23)18-14(29-16)4-6-27-18;1-14(17)8(16)10-6-3-2-4-7(5-6)15-9(18)11-12-13-15;1-6-12-7(10-3-4-15)14-8(13-6)11-5-9-2;1-3-13(4-2)7-9-5(11-14)8-6(10-7)12-15;7-1-2-3(8)4(9)5(10)6(12)11-2;/h2-5,8-10H,1,6-7,11H2,(H-,25,26,27,28,29);2-4,6,8-9H,1,5,7,10H2,(H-,22,23,24,25,26);2-5,17H,1H3,(H,10,16)(H,11,13,18);9,15H,3-5H2,1-2H3,(H2,10,11,12,13,14);14-15H,3-4H2,1-2H3,(H2,8,9,10,11,12);2-10,12H,1H2;/q;;;;;;+1/p-1. The van der Waals surface area contributed by atoms with Crippen LogP contribution >= 0.6 is 109 Å². The average molecular weight is 2160 g/mol. The zero-order chi connectivity index (χ0) is 89.3. The summed E-state index contributed by atoms with van der Waals surface area (Å²) < 4.78 is 79.2. The third kappa shape index (κ3) is 30.5. The zero-order valence-electron chi connectivity index (χ0n) is 65.0. The van der Waals surface area contributed by atoms with Crippen molar-refractivity contribution in [1.29, 1.82) is 0 Å². The number of aromatic nitrogens is 12. The van der Waals surface area contributed by atoms with E-state index in [1.165, 1.54) is 69.3 Å². The number of aliphatic carboxylic acids is 2. The van der Waals surface area contributed by atoms with Crippen molar-refractivity contribution in [1.82, 2.24) is 60.5 Å². The Morgan fingerprint density at radius 3 is 1.86 bits per heavy atom. The molecule has 55 heteroatoms. The minimum Gasteiger partial charge on any atom is -0.759 e. The van der Waals surface area contributed by atoms with Gasteiger partial charge in [0.25, 0.3) is 26.7 Å². The molecule has 4 aromatic carbocycles. The van der Waals surface area contributed by atoms with Crippen molar-refractivity contribution in [2.24, 2.45) is 0 Å². The van der Waals surface area contributed by atoms with Gasteiger partial charge >= 0.3 is 40.3 Å². The molecule has 0 aliphatic carbocycles. The number of thiazole rings is 2. The van der Waals surface area contributed by atoms with Crippen LogP contribution in [0.25, 0.3) is 37.6 Å². The molecular formula is C68H82AuBrCl2N22O20S9. The second-order valence-electron chi connectivity index (χ2n) is 25.2. The first kappa shape index (κ1) is 102. The molecule has 10 aromatic rings. The van der Waals surface area contributed by atoms with Crippen LogP contribution in [-0.4, -0.2) is 259 Å². The number of nitrogens with zero attached hydrogens (tertiary/aromatic N) is 15. The van der Waals surface area contributed by atoms with Gasteiger partial charge in [0, 0.05) is 87.3 Å². The number of hydrogen-bond donors (Lipinski definition) is 17. The molecule has 1 saturated heterocycles. The summed E-state index contributed by atoms with van der Waals surface area (Å²) in [4.78, 5) is 66.6. The Morgan fingerprint density at radius 2 is 1.31 bits per heavy atom. The number of hydrogen-bond acceptors (Lipinski definition) is 41. The number of thioether (sulfide) groups is 2. The number of carboxylic acid groups (broad SMARTS) is 2. The van der Waals surface area contributed by atoms with Crippen LogP contribution in [-0.2, 0) is 82.7 Å². The largest absolute Gasteiger partial charge is 1.00 e. The second kappa shape index (κ2) is 48.8. The number of tetrazole rings is 1. The van der Waals surface area contributed by atoms with Crippen LogP contribution in [0.3, 0.4) is 0 Å². The van der Waals surface area contributed by atoms with E-state index in [1.807, 2.05) is 89.5 Å². The monoisotopic (exact) mass is 2160 g/mol. The maximum absolute atomic E-state index is 11.5. The molecule has 3 aliphatic rings. The molecule has 123 heavy (non-hydrogen) atoms. The van der Waals surface area contributed by atoms with Gasteiger partial charge in [-0.25, -0.2) is 51.9 Å². The number of aromatic amines is 1. The minimum atomic E-state index is -4.33. The first-order chi connectivity index (χ1) is 58.0. The number of carboxylic acids is 2. The van der Waals surface area contributed by atoms with Crippen LogP contribution in [0, 0.1) is 11.7 Å². The van der Waals surface area contributed by atoms with Gasteiger partial charge in [-0.05, 0) is 136 Å². The molecular weight excluding hydrogens is 2080 g/mol. The number of thiophene rings is 1. The van der Waals surface area contributed by atoms with Crippen LogP contribution in [0.4, 0.5) is 51.6 Å². The van der Waals surface area contributed by atoms with Gasteiger partial charge in [0.05, 0.1) is 85.5 Å². The number of fused-ring (bicyclic) bond motifs is 4. The maximum Gasteiger partial charge on any atom is 1.00 e. The fraction of sp³-hybridized carbons (Fsp3) is 0.353. The molecule has 0 radical (unpaired) electrons. The molecule has 5 unspecified atom stereocenters. The number of ether oxygens (including phenoxy) is 1. The van der Waals surface area contributed by atoms with E-state index in [2.05, 4.69) is 95.3 Å². The van der Waals surface area contributed by atoms with Crippen LogP contribution in [0.2, 0.25) is 10.0 Å². The van der Waals surface area contributed by atoms with Crippen LogP contribution < -0.4 is 56.1 Å². The number of benzene rings is 4. The SMILES string of the molecule is CCN(CC)c1nc(NO)nc(NO)n1.CN(O)C(=O)Nc1cccc(-n2[nH]nnc2=S)c1.CNCNc1nc(C)nc(NCCO)n1.O=C(O)C[n+]1c(C=C2Sc3ccc(Br)cc3N2CCCS(=O)(=O)[O-])sc2ccsc21.O=C(O)C[n+]1c(C=C2Sc3ccc(Cl)cc3N2CCCS(=O)(=O)[O-])sc2ccc(Cl)cc21.OCC1OC([S-])C(O)C(O)C1O.[Au+]. The molecule has 13 rings (SSSR count). The van der Waals surface area contributed by atoms with Gasteiger partial charge in [0.15, 0.2) is 0 Å². The van der Waals surface area contributed by atoms with Gasteiger partial charge in [0.2, 0.25) is 41.2 Å². The predicted octanol–water partition coefficient (Wildman–Crippen LogP) is 6.37. The molecule has 670 valence electrons. The van der Waals surface area contributed by atoms with Crippen molar-refractivity contribution in [3.63, 3.8) is 0 Å². The second-order valence-corrected chi connectivity index (χ2v) is 36.0. The van der Waals surface area contributed by atoms with Gasteiger partial charge in [-0.2, -0.15) is 44.3 Å². The zero-order valence-corrected chi connectivity index (χ0v) is 77.6. The van der Waals surface area contributed by atoms with Gasteiger partial charge in [-0.15, -0.1) is 0 Å². The fourth-order valence-electron chi connectivity index (χ4n) is 11.0. The van der Waals surface area contributed by atoms with Crippen molar-refractivity contribution in [2.75, 3.05) is 120 Å². The van der Waals surface area contributed by atoms with Crippen LogP contribution in [0.15, 0.2) is 115 Å². The number of aliphatic hydroxyl groups is 5. The molecule has 1 fully saturated rings. The Morgan fingerprint density at radius 1 is 0.748 bits per heavy atom. The predicted molar refractivity (Wildman–Crippen MR) is 467 cm³/mol. The number of halogens is 3. The van der Waals surface area contributed by atoms with E-state index >= 15 is 0 Å². The third-order valence-electron chi connectivity index (χ3n) is 16.5. The van der Waals surface area contributed by atoms with Crippen molar-refractivity contribution in [3.05, 3.63) is 135 Å². The molecule has 0 spiro atoms. The number of amides is 2. The third-order valence-corrected chi connectivity index (χ3v) is 25.1. The van der Waals surface area contributed by atoms with Crippen molar-refractivity contribution < 1.29 is 128 Å². The van der Waals surface area contributed by atoms with E-state index in [1.54, 1.807) is 75.5 Å². The van der Waals surface area contributed by atoms with Gasteiger partial charge in [-0.1, -0.05) is 113 Å². The molecule has 42 nitrogen and oxygen atoms in total. The Hall–Kier alpha value is -7.77. The fourth-order valence-corrected chi connectivity index (χ4v) is 18.8. The van der Waals surface area contributed by atoms with Gasteiger partial charge in [0.1, 0.15) is 33.5 Å². The first-order valence-electron chi connectivity index (χ1n) is 35.8. The summed E-state index contributed by atoms with van der Waals surface area (Å²) in [6.45, 7) is 8.03. The van der Waals surface area contributed by atoms with Crippen LogP contribution in [0.1, 0.15) is 42.5 Å². The quantitative estimate of drug-likeness (QED) is 0.00370. The summed E-state index contributed by atoms with van der Waals surface area (Å²) in [5.74, 6) is -0.875. The normalized spacial score (nSPS) is 16.3. The van der Waals surface area contributed by atoms with Gasteiger partial charge < -0.3 is 98.2 Å². The molecule has 2 amide bonds. The number of hydroxylamine groups is 2. The molecule has 5 atom stereocenters. The number of rotatable bonds is 28. The molecule has 0 bridgehead atoms. The number of H-pyrrole nitrogens is 1. The summed E-state index contributed by atoms with van der Waals surface area (Å²) in [7, 11) is -5.56. The van der Waals surface area contributed by atoms with Crippen molar-refractivity contribution >= 4 is 238 Å². The van der Waals surface area contributed by atoms with E-state index in [4.69, 9.17) is 76.2 Å². The van der Waals surface area contributed by atoms with Gasteiger partial charge in [-0.3, -0.25) is 15.6 Å².